The fourth-order valence-electron chi connectivity index (χ4n) is 1.81. The molecule has 0 heterocycles. The van der Waals surface area contributed by atoms with Crippen LogP contribution >= 0.6 is 22.6 Å². The van der Waals surface area contributed by atoms with Gasteiger partial charge < -0.3 is 5.73 Å². The minimum Gasteiger partial charge on any atom is -0.327 e. The summed E-state index contributed by atoms with van der Waals surface area (Å²) in [6.07, 6.45) is 2.52. The summed E-state index contributed by atoms with van der Waals surface area (Å²) >= 11 is 2.03. The lowest BCUT2D eigenvalue weighted by atomic mass is 9.88. The SMILES string of the molecule is N[C@H]1CCc2c(ccc(I)c2F)C1. The Morgan fingerprint density at radius 2 is 2.23 bits per heavy atom. The molecule has 2 rings (SSSR count). The van der Waals surface area contributed by atoms with E-state index >= 15 is 0 Å². The molecule has 1 aromatic rings. The maximum atomic E-state index is 13.6. The zero-order chi connectivity index (χ0) is 9.42. The summed E-state index contributed by atoms with van der Waals surface area (Å²) < 4.78 is 14.3. The molecule has 1 aromatic carbocycles. The van der Waals surface area contributed by atoms with Gasteiger partial charge in [-0.05, 0) is 59.0 Å². The van der Waals surface area contributed by atoms with Gasteiger partial charge in [-0.15, -0.1) is 0 Å². The molecule has 0 amide bonds. The molecule has 1 aliphatic rings. The average molecular weight is 291 g/mol. The third-order valence-corrected chi connectivity index (χ3v) is 3.37. The Bertz CT molecular complexity index is 338. The van der Waals surface area contributed by atoms with Crippen LogP contribution in [0.25, 0.3) is 0 Å². The number of fused-ring (bicyclic) bond motifs is 1. The lowest BCUT2D eigenvalue weighted by molar-refractivity contribution is 0.534. The van der Waals surface area contributed by atoms with Crippen molar-refractivity contribution < 1.29 is 4.39 Å². The molecule has 3 heteroatoms. The second-order valence-electron chi connectivity index (χ2n) is 3.50. The van der Waals surface area contributed by atoms with Crippen molar-refractivity contribution in [2.45, 2.75) is 25.3 Å². The van der Waals surface area contributed by atoms with Gasteiger partial charge in [-0.3, -0.25) is 0 Å². The lowest BCUT2D eigenvalue weighted by Gasteiger charge is -2.21. The summed E-state index contributed by atoms with van der Waals surface area (Å²) in [5.74, 6) is -0.0370. The van der Waals surface area contributed by atoms with Crippen molar-refractivity contribution >= 4 is 22.6 Å². The monoisotopic (exact) mass is 291 g/mol. The quantitative estimate of drug-likeness (QED) is 0.729. The summed E-state index contributed by atoms with van der Waals surface area (Å²) in [7, 11) is 0. The van der Waals surface area contributed by atoms with E-state index in [0.717, 1.165) is 30.4 Å². The van der Waals surface area contributed by atoms with E-state index in [-0.39, 0.29) is 11.9 Å². The van der Waals surface area contributed by atoms with Crippen LogP contribution in [-0.2, 0) is 12.8 Å². The van der Waals surface area contributed by atoms with Gasteiger partial charge in [0.25, 0.3) is 0 Å². The molecule has 0 saturated carbocycles. The van der Waals surface area contributed by atoms with Crippen molar-refractivity contribution in [3.05, 3.63) is 32.6 Å². The third kappa shape index (κ3) is 1.72. The molecule has 0 radical (unpaired) electrons. The molecule has 0 unspecified atom stereocenters. The van der Waals surface area contributed by atoms with E-state index in [2.05, 4.69) is 0 Å². The number of nitrogens with two attached hydrogens (primary N) is 1. The van der Waals surface area contributed by atoms with Crippen LogP contribution in [0.1, 0.15) is 17.5 Å². The molecule has 0 fully saturated rings. The van der Waals surface area contributed by atoms with Gasteiger partial charge in [-0.25, -0.2) is 4.39 Å². The molecule has 0 aliphatic heterocycles. The zero-order valence-electron chi connectivity index (χ0n) is 7.19. The summed E-state index contributed by atoms with van der Waals surface area (Å²) in [6.45, 7) is 0. The Kier molecular flexibility index (Phi) is 2.55. The molecule has 1 nitrogen and oxygen atoms in total. The predicted molar refractivity (Wildman–Crippen MR) is 59.1 cm³/mol. The Morgan fingerprint density at radius 3 is 3.00 bits per heavy atom. The molecule has 0 bridgehead atoms. The number of halogens is 2. The van der Waals surface area contributed by atoms with Crippen molar-refractivity contribution in [3.8, 4) is 0 Å². The highest BCUT2D eigenvalue weighted by Crippen LogP contribution is 2.26. The van der Waals surface area contributed by atoms with E-state index in [1.165, 1.54) is 0 Å². The fourth-order valence-corrected chi connectivity index (χ4v) is 2.31. The lowest BCUT2D eigenvalue weighted by Crippen LogP contribution is -2.28. The van der Waals surface area contributed by atoms with E-state index in [0.29, 0.717) is 3.57 Å². The van der Waals surface area contributed by atoms with Gasteiger partial charge in [0.15, 0.2) is 0 Å². The van der Waals surface area contributed by atoms with Crippen LogP contribution < -0.4 is 5.73 Å². The van der Waals surface area contributed by atoms with Gasteiger partial charge in [-0.1, -0.05) is 6.07 Å². The van der Waals surface area contributed by atoms with Crippen molar-refractivity contribution in [2.75, 3.05) is 0 Å². The number of rotatable bonds is 0. The van der Waals surface area contributed by atoms with Crippen LogP contribution in [0, 0.1) is 9.39 Å². The van der Waals surface area contributed by atoms with E-state index < -0.39 is 0 Å². The Balaban J connectivity index is 2.47. The number of benzene rings is 1. The fraction of sp³-hybridized carbons (Fsp3) is 0.400. The van der Waals surface area contributed by atoms with Crippen LogP contribution in [0.15, 0.2) is 12.1 Å². The molecule has 0 saturated heterocycles. The van der Waals surface area contributed by atoms with Crippen LogP contribution in [0.5, 0.6) is 0 Å². The highest BCUT2D eigenvalue weighted by atomic mass is 127. The van der Waals surface area contributed by atoms with Crippen LogP contribution in [0.3, 0.4) is 0 Å². The number of hydrogen-bond donors (Lipinski definition) is 1. The maximum absolute atomic E-state index is 13.6. The molecule has 0 aromatic heterocycles. The average Bonchev–Trinajstić information content (AvgIpc) is 2.12. The van der Waals surface area contributed by atoms with Gasteiger partial charge in [0.1, 0.15) is 5.82 Å². The Labute approximate surface area is 90.7 Å². The van der Waals surface area contributed by atoms with Gasteiger partial charge in [0.2, 0.25) is 0 Å². The van der Waals surface area contributed by atoms with E-state index in [9.17, 15) is 4.39 Å². The van der Waals surface area contributed by atoms with E-state index in [1.807, 2.05) is 34.7 Å². The minimum absolute atomic E-state index is 0.0370. The van der Waals surface area contributed by atoms with Crippen molar-refractivity contribution in [3.63, 3.8) is 0 Å². The molecule has 1 atom stereocenters. The first-order valence-corrected chi connectivity index (χ1v) is 5.47. The van der Waals surface area contributed by atoms with Crippen LogP contribution in [0.2, 0.25) is 0 Å². The molecule has 1 aliphatic carbocycles. The van der Waals surface area contributed by atoms with Gasteiger partial charge in [0.05, 0.1) is 0 Å². The third-order valence-electron chi connectivity index (χ3n) is 2.54. The van der Waals surface area contributed by atoms with Crippen molar-refractivity contribution in [1.82, 2.24) is 0 Å². The summed E-state index contributed by atoms with van der Waals surface area (Å²) in [4.78, 5) is 0. The van der Waals surface area contributed by atoms with Gasteiger partial charge >= 0.3 is 0 Å². The summed E-state index contributed by atoms with van der Waals surface area (Å²) in [6, 6.07) is 4.04. The van der Waals surface area contributed by atoms with Crippen LogP contribution in [-0.4, -0.2) is 6.04 Å². The Morgan fingerprint density at radius 1 is 1.46 bits per heavy atom. The highest BCUT2D eigenvalue weighted by Gasteiger charge is 2.19. The normalized spacial score (nSPS) is 21.3. The summed E-state index contributed by atoms with van der Waals surface area (Å²) in [5.41, 5.74) is 7.79. The number of hydrogen-bond acceptors (Lipinski definition) is 1. The molecule has 70 valence electrons. The first kappa shape index (κ1) is 9.40. The first-order valence-electron chi connectivity index (χ1n) is 4.40. The molecular weight excluding hydrogens is 280 g/mol. The van der Waals surface area contributed by atoms with Crippen molar-refractivity contribution in [2.24, 2.45) is 5.73 Å². The molecule has 13 heavy (non-hydrogen) atoms. The molecule has 2 N–H and O–H groups in total. The smallest absolute Gasteiger partial charge is 0.139 e. The Hall–Kier alpha value is -0.160. The molecule has 0 spiro atoms. The summed E-state index contributed by atoms with van der Waals surface area (Å²) in [5, 5.41) is 0. The maximum Gasteiger partial charge on any atom is 0.139 e. The standard InChI is InChI=1S/C10H11FIN/c11-10-8-3-2-7(13)5-6(8)1-4-9(10)12/h1,4,7H,2-3,5,13H2/t7-/m0/s1. The van der Waals surface area contributed by atoms with E-state index in [1.54, 1.807) is 0 Å². The molecular formula is C10H11FIN. The topological polar surface area (TPSA) is 26.0 Å². The van der Waals surface area contributed by atoms with Gasteiger partial charge in [-0.2, -0.15) is 0 Å². The first-order chi connectivity index (χ1) is 6.18. The second-order valence-corrected chi connectivity index (χ2v) is 4.66. The van der Waals surface area contributed by atoms with Gasteiger partial charge in [0, 0.05) is 9.61 Å². The largest absolute Gasteiger partial charge is 0.327 e. The zero-order valence-corrected chi connectivity index (χ0v) is 9.34. The second kappa shape index (κ2) is 3.53. The van der Waals surface area contributed by atoms with Crippen molar-refractivity contribution in [1.29, 1.82) is 0 Å². The highest BCUT2D eigenvalue weighted by molar-refractivity contribution is 14.1. The predicted octanol–water partition coefficient (Wildman–Crippen LogP) is 2.25. The van der Waals surface area contributed by atoms with Crippen LogP contribution in [0.4, 0.5) is 4.39 Å². The van der Waals surface area contributed by atoms with E-state index in [4.69, 9.17) is 5.73 Å². The minimum atomic E-state index is -0.0370.